The molecule has 3 aromatic rings. The van der Waals surface area contributed by atoms with Gasteiger partial charge in [-0.05, 0) is 29.2 Å². The molecule has 1 aliphatic rings. The zero-order valence-corrected chi connectivity index (χ0v) is 16.9. The summed E-state index contributed by atoms with van der Waals surface area (Å²) in [5.41, 5.74) is 7.04. The number of amides is 1. The molecule has 0 radical (unpaired) electrons. The maximum atomic E-state index is 12.0. The van der Waals surface area contributed by atoms with Crippen molar-refractivity contribution in [1.82, 2.24) is 9.55 Å². The quantitative estimate of drug-likeness (QED) is 0.535. The first-order valence-corrected chi connectivity index (χ1v) is 10.2. The minimum atomic E-state index is -0.849. The van der Waals surface area contributed by atoms with Crippen LogP contribution in [-0.2, 0) is 11.2 Å². The van der Waals surface area contributed by atoms with E-state index in [-0.39, 0.29) is 18.7 Å². The Morgan fingerprint density at radius 3 is 2.81 bits per heavy atom. The number of imidazole rings is 1. The third kappa shape index (κ3) is 4.03. The smallest absolute Gasteiger partial charge is 0.269 e. The molecule has 4 rings (SSSR count). The molecule has 1 aromatic heterocycles. The summed E-state index contributed by atoms with van der Waals surface area (Å²) < 4.78 is 7.31. The van der Waals surface area contributed by atoms with Gasteiger partial charge < -0.3 is 25.3 Å². The van der Waals surface area contributed by atoms with Crippen molar-refractivity contribution in [3.63, 3.8) is 0 Å². The van der Waals surface area contributed by atoms with Crippen molar-refractivity contribution >= 4 is 16.7 Å². The zero-order chi connectivity index (χ0) is 22.0. The second-order valence-electron chi connectivity index (χ2n) is 7.72. The molecule has 1 aliphatic heterocycles. The van der Waals surface area contributed by atoms with Gasteiger partial charge in [0.15, 0.2) is 5.69 Å². The lowest BCUT2D eigenvalue weighted by atomic mass is 9.93. The maximum absolute atomic E-state index is 12.0. The number of aromatic nitrogens is 2. The van der Waals surface area contributed by atoms with Crippen LogP contribution in [0.4, 0.5) is 0 Å². The van der Waals surface area contributed by atoms with Gasteiger partial charge in [0.05, 0.1) is 36.7 Å². The van der Waals surface area contributed by atoms with Gasteiger partial charge in [0, 0.05) is 6.42 Å². The average Bonchev–Trinajstić information content (AvgIpc) is 3.38. The van der Waals surface area contributed by atoms with Gasteiger partial charge >= 0.3 is 0 Å². The molecule has 1 amide bonds. The second-order valence-corrected chi connectivity index (χ2v) is 7.72. The van der Waals surface area contributed by atoms with Crippen LogP contribution in [0, 0.1) is 11.3 Å². The van der Waals surface area contributed by atoms with Crippen molar-refractivity contribution in [3.8, 4) is 6.07 Å². The van der Waals surface area contributed by atoms with Crippen molar-refractivity contribution in [1.29, 1.82) is 5.26 Å². The van der Waals surface area contributed by atoms with Crippen molar-refractivity contribution in [2.45, 2.75) is 43.6 Å². The number of aryl methyl sites for hydroxylation is 1. The number of ether oxygens (including phenoxy) is 1. The molecule has 2 aromatic carbocycles. The van der Waals surface area contributed by atoms with E-state index >= 15 is 0 Å². The summed E-state index contributed by atoms with van der Waals surface area (Å²) in [6.45, 7) is -0.326. The molecule has 1 fully saturated rings. The van der Waals surface area contributed by atoms with Crippen LogP contribution in [0.3, 0.4) is 0 Å². The number of nitrogens with zero attached hydrogens (tertiary/aromatic N) is 3. The molecule has 160 valence electrons. The fourth-order valence-corrected chi connectivity index (χ4v) is 4.26. The van der Waals surface area contributed by atoms with Crippen LogP contribution in [0.5, 0.6) is 0 Å². The SMILES string of the molecule is N#CC(CCc1cccc2ccccc12)c1c(C(N)=O)ncn1[C@H]1C[C@H](O)[C@@H](CO)O1. The molecule has 31 heavy (non-hydrogen) atoms. The van der Waals surface area contributed by atoms with E-state index in [0.29, 0.717) is 18.5 Å². The normalized spacial score (nSPS) is 21.8. The molecule has 2 heterocycles. The molecular weight excluding hydrogens is 396 g/mol. The molecular formula is C23H24N4O4. The van der Waals surface area contributed by atoms with E-state index in [1.165, 1.54) is 6.33 Å². The lowest BCUT2D eigenvalue weighted by Crippen LogP contribution is -2.24. The van der Waals surface area contributed by atoms with E-state index in [9.17, 15) is 20.3 Å². The Bertz CT molecular complexity index is 1130. The highest BCUT2D eigenvalue weighted by atomic mass is 16.5. The van der Waals surface area contributed by atoms with Gasteiger partial charge in [0.1, 0.15) is 12.3 Å². The first kappa shape index (κ1) is 21.0. The van der Waals surface area contributed by atoms with Gasteiger partial charge in [-0.1, -0.05) is 42.5 Å². The predicted octanol–water partition coefficient (Wildman–Crippen LogP) is 2.02. The van der Waals surface area contributed by atoms with Crippen LogP contribution in [-0.4, -0.2) is 44.5 Å². The standard InChI is InChI=1S/C23H24N4O4/c24-11-16(9-8-15-6-3-5-14-4-1-2-7-17(14)15)22-21(23(25)30)26-13-27(22)20-10-18(29)19(12-28)31-20/h1-7,13,16,18-20,28-29H,8-10,12H2,(H2,25,30)/t16?,18-,19+,20+/m0/s1. The van der Waals surface area contributed by atoms with Crippen molar-refractivity contribution < 1.29 is 19.7 Å². The summed E-state index contributed by atoms with van der Waals surface area (Å²) in [6, 6.07) is 16.4. The molecule has 4 N–H and O–H groups in total. The minimum absolute atomic E-state index is 0.0232. The van der Waals surface area contributed by atoms with Crippen LogP contribution in [0.2, 0.25) is 0 Å². The van der Waals surface area contributed by atoms with Crippen molar-refractivity contribution in [3.05, 3.63) is 65.7 Å². The molecule has 1 unspecified atom stereocenters. The fourth-order valence-electron chi connectivity index (χ4n) is 4.26. The Hall–Kier alpha value is -3.25. The van der Waals surface area contributed by atoms with Crippen LogP contribution >= 0.6 is 0 Å². The summed E-state index contributed by atoms with van der Waals surface area (Å²) in [7, 11) is 0. The summed E-state index contributed by atoms with van der Waals surface area (Å²) in [5, 5.41) is 31.7. The number of nitriles is 1. The number of nitrogens with two attached hydrogens (primary N) is 1. The first-order chi connectivity index (χ1) is 15.0. The number of hydrogen-bond donors (Lipinski definition) is 3. The number of carbonyl (C=O) groups excluding carboxylic acids is 1. The predicted molar refractivity (Wildman–Crippen MR) is 113 cm³/mol. The molecule has 8 heteroatoms. The lowest BCUT2D eigenvalue weighted by molar-refractivity contribution is -0.0453. The average molecular weight is 420 g/mol. The highest BCUT2D eigenvalue weighted by molar-refractivity contribution is 5.92. The number of primary amides is 1. The van der Waals surface area contributed by atoms with E-state index in [4.69, 9.17) is 10.5 Å². The number of benzene rings is 2. The summed E-state index contributed by atoms with van der Waals surface area (Å²) >= 11 is 0. The molecule has 1 saturated heterocycles. The third-order valence-corrected chi connectivity index (χ3v) is 5.83. The lowest BCUT2D eigenvalue weighted by Gasteiger charge is -2.19. The van der Waals surface area contributed by atoms with E-state index in [1.54, 1.807) is 4.57 Å². The molecule has 8 nitrogen and oxygen atoms in total. The van der Waals surface area contributed by atoms with E-state index in [2.05, 4.69) is 11.1 Å². The van der Waals surface area contributed by atoms with E-state index in [1.807, 2.05) is 42.5 Å². The third-order valence-electron chi connectivity index (χ3n) is 5.83. The fraction of sp³-hybridized carbons (Fsp3) is 0.348. The Morgan fingerprint density at radius 1 is 1.32 bits per heavy atom. The zero-order valence-electron chi connectivity index (χ0n) is 16.9. The van der Waals surface area contributed by atoms with Crippen LogP contribution < -0.4 is 5.73 Å². The highest BCUT2D eigenvalue weighted by Crippen LogP contribution is 2.34. The number of carbonyl (C=O) groups is 1. The van der Waals surface area contributed by atoms with Crippen LogP contribution in [0.25, 0.3) is 10.8 Å². The summed E-state index contributed by atoms with van der Waals surface area (Å²) in [6.07, 6.45) is 0.484. The summed E-state index contributed by atoms with van der Waals surface area (Å²) in [4.78, 5) is 16.1. The van der Waals surface area contributed by atoms with Crippen molar-refractivity contribution in [2.24, 2.45) is 5.73 Å². The van der Waals surface area contributed by atoms with Gasteiger partial charge in [-0.3, -0.25) is 4.79 Å². The molecule has 0 saturated carbocycles. The molecule has 0 spiro atoms. The first-order valence-electron chi connectivity index (χ1n) is 10.2. The molecule has 0 aliphatic carbocycles. The maximum Gasteiger partial charge on any atom is 0.269 e. The highest BCUT2D eigenvalue weighted by Gasteiger charge is 2.37. The topological polar surface area (TPSA) is 134 Å². The van der Waals surface area contributed by atoms with Crippen LogP contribution in [0.1, 0.15) is 46.7 Å². The number of fused-ring (bicyclic) bond motifs is 1. The van der Waals surface area contributed by atoms with Crippen LogP contribution in [0.15, 0.2) is 48.8 Å². The monoisotopic (exact) mass is 420 g/mol. The number of aliphatic hydroxyl groups excluding tert-OH is 2. The van der Waals surface area contributed by atoms with Gasteiger partial charge in [-0.2, -0.15) is 5.26 Å². The van der Waals surface area contributed by atoms with Gasteiger partial charge in [-0.15, -0.1) is 0 Å². The number of rotatable bonds is 7. The number of hydrogen-bond acceptors (Lipinski definition) is 6. The minimum Gasteiger partial charge on any atom is -0.394 e. The molecule has 0 bridgehead atoms. The largest absolute Gasteiger partial charge is 0.394 e. The Kier molecular flexibility index (Phi) is 6.00. The van der Waals surface area contributed by atoms with E-state index < -0.39 is 30.3 Å². The van der Waals surface area contributed by atoms with Gasteiger partial charge in [0.25, 0.3) is 5.91 Å². The Labute approximate surface area is 179 Å². The van der Waals surface area contributed by atoms with Crippen molar-refractivity contribution in [2.75, 3.05) is 6.61 Å². The summed E-state index contributed by atoms with van der Waals surface area (Å²) in [5.74, 6) is -1.38. The second kappa shape index (κ2) is 8.86. The van der Waals surface area contributed by atoms with Gasteiger partial charge in [0.2, 0.25) is 0 Å². The Balaban J connectivity index is 1.64. The molecule has 4 atom stereocenters. The van der Waals surface area contributed by atoms with Gasteiger partial charge in [-0.25, -0.2) is 4.98 Å². The number of aliphatic hydroxyl groups is 2. The Morgan fingerprint density at radius 2 is 2.10 bits per heavy atom. The van der Waals surface area contributed by atoms with E-state index in [0.717, 1.165) is 16.3 Å².